The Kier molecular flexibility index (Phi) is 11.7. The molecule has 0 aromatic carbocycles. The third-order valence-electron chi connectivity index (χ3n) is 5.95. The first-order valence-electron chi connectivity index (χ1n) is 11.2. The highest BCUT2D eigenvalue weighted by molar-refractivity contribution is 7.86. The van der Waals surface area contributed by atoms with Gasteiger partial charge in [0.15, 0.2) is 6.54 Å². The lowest BCUT2D eigenvalue weighted by atomic mass is 10.0. The van der Waals surface area contributed by atoms with Crippen molar-refractivity contribution in [3.05, 3.63) is 0 Å². The highest BCUT2D eigenvalue weighted by Crippen LogP contribution is 2.33. The van der Waals surface area contributed by atoms with Crippen molar-refractivity contribution in [3.63, 3.8) is 0 Å². The van der Waals surface area contributed by atoms with E-state index in [0.717, 1.165) is 19.3 Å². The first kappa shape index (κ1) is 24.6. The number of hydrogen-bond acceptors (Lipinski definition) is 3. The van der Waals surface area contributed by atoms with Crippen LogP contribution < -0.4 is 0 Å². The second kappa shape index (κ2) is 12.9. The molecular formula is C21H42NO4S+. The molecule has 0 radical (unpaired) electrons. The molecule has 0 spiro atoms. The first-order valence-corrected chi connectivity index (χ1v) is 12.7. The fourth-order valence-electron chi connectivity index (χ4n) is 3.83. The van der Waals surface area contributed by atoms with Crippen molar-refractivity contribution in [1.29, 1.82) is 0 Å². The van der Waals surface area contributed by atoms with Gasteiger partial charge in [-0.2, -0.15) is 8.42 Å². The summed E-state index contributed by atoms with van der Waals surface area (Å²) in [4.78, 5) is 12.1. The van der Waals surface area contributed by atoms with Gasteiger partial charge in [-0.15, -0.1) is 0 Å². The number of rotatable bonds is 17. The fourth-order valence-corrected chi connectivity index (χ4v) is 5.03. The van der Waals surface area contributed by atoms with E-state index >= 15 is 0 Å². The molecule has 2 atom stereocenters. The minimum absolute atomic E-state index is 0.0627. The Labute approximate surface area is 167 Å². The maximum Gasteiger partial charge on any atom is 0.325 e. The van der Waals surface area contributed by atoms with E-state index in [0.29, 0.717) is 6.42 Å². The minimum atomic E-state index is -4.09. The van der Waals surface area contributed by atoms with Gasteiger partial charge in [0, 0.05) is 0 Å². The van der Waals surface area contributed by atoms with Crippen LogP contribution >= 0.6 is 0 Å². The average Bonchev–Trinajstić information content (AvgIpc) is 3.32. The van der Waals surface area contributed by atoms with E-state index in [9.17, 15) is 13.2 Å². The van der Waals surface area contributed by atoms with Gasteiger partial charge in [0.1, 0.15) is 0 Å². The van der Waals surface area contributed by atoms with Gasteiger partial charge >= 0.3 is 16.0 Å². The molecule has 27 heavy (non-hydrogen) atoms. The lowest BCUT2D eigenvalue weighted by molar-refractivity contribution is -0.702. The molecule has 0 saturated carbocycles. The van der Waals surface area contributed by atoms with Gasteiger partial charge in [-0.3, -0.25) is 4.55 Å². The van der Waals surface area contributed by atoms with E-state index in [1.807, 2.05) is 0 Å². The zero-order chi connectivity index (χ0) is 20.2. The lowest BCUT2D eigenvalue weighted by Gasteiger charge is -2.10. The largest absolute Gasteiger partial charge is 0.325 e. The Balaban J connectivity index is 1.85. The van der Waals surface area contributed by atoms with Crippen molar-refractivity contribution in [3.8, 4) is 0 Å². The summed E-state index contributed by atoms with van der Waals surface area (Å²) in [6.07, 6.45) is 19.7. The first-order chi connectivity index (χ1) is 12.8. The van der Waals surface area contributed by atoms with Crippen LogP contribution in [0, 0.1) is 0 Å². The predicted molar refractivity (Wildman–Crippen MR) is 111 cm³/mol. The molecule has 0 aromatic rings. The van der Waals surface area contributed by atoms with Gasteiger partial charge in [0.2, 0.25) is 0 Å². The average molecular weight is 405 g/mol. The molecule has 160 valence electrons. The molecule has 0 bridgehead atoms. The van der Waals surface area contributed by atoms with Gasteiger partial charge in [-0.05, 0) is 6.42 Å². The van der Waals surface area contributed by atoms with Crippen LogP contribution in [0.15, 0.2) is 0 Å². The lowest BCUT2D eigenvalue weighted by Crippen LogP contribution is -2.34. The zero-order valence-corrected chi connectivity index (χ0v) is 18.4. The van der Waals surface area contributed by atoms with E-state index in [4.69, 9.17) is 4.55 Å². The van der Waals surface area contributed by atoms with Gasteiger partial charge in [0.05, 0.1) is 13.5 Å². The number of likely N-dealkylation sites (N-methyl/N-ethyl adjacent to an activating group) is 1. The smallest absolute Gasteiger partial charge is 0.281 e. The molecule has 0 aliphatic carbocycles. The van der Waals surface area contributed by atoms with Crippen LogP contribution in [0.4, 0.5) is 0 Å². The summed E-state index contributed by atoms with van der Waals surface area (Å²) in [6, 6.07) is 0. The maximum atomic E-state index is 12.1. The number of nitrogens with zero attached hydrogens (tertiary/aromatic N) is 1. The normalized spacial score (nSPS) is 22.1. The molecular weight excluding hydrogens is 362 g/mol. The summed E-state index contributed by atoms with van der Waals surface area (Å²) in [6.45, 7) is 2.48. The van der Waals surface area contributed by atoms with E-state index < -0.39 is 15.5 Å². The molecule has 2 unspecified atom stereocenters. The highest BCUT2D eigenvalue weighted by atomic mass is 32.2. The fraction of sp³-hybridized carbons (Fsp3) is 0.952. The third-order valence-corrected chi connectivity index (χ3v) is 7.25. The van der Waals surface area contributed by atoms with Crippen LogP contribution in [0.2, 0.25) is 0 Å². The van der Waals surface area contributed by atoms with Crippen LogP contribution in [-0.2, 0) is 14.9 Å². The Morgan fingerprint density at radius 3 is 1.52 bits per heavy atom. The molecule has 1 rings (SSSR count). The maximum absolute atomic E-state index is 12.1. The number of carbonyl (C=O) groups excluding carboxylic acids is 1. The van der Waals surface area contributed by atoms with Crippen molar-refractivity contribution in [2.24, 2.45) is 0 Å². The molecule has 1 N–H and O–H groups in total. The Bertz CT molecular complexity index is 520. The van der Waals surface area contributed by atoms with E-state index in [2.05, 4.69) is 6.92 Å². The van der Waals surface area contributed by atoms with Crippen molar-refractivity contribution in [2.45, 2.75) is 115 Å². The Morgan fingerprint density at radius 1 is 0.815 bits per heavy atom. The van der Waals surface area contributed by atoms with Gasteiger partial charge in [0.25, 0.3) is 5.37 Å². The SMILES string of the molecule is CCCCCCCCCCCCCCCCCC(=O)[N+]1(C)CC1S(=O)(=O)O. The van der Waals surface area contributed by atoms with Crippen LogP contribution in [0.5, 0.6) is 0 Å². The number of unbranched alkanes of at least 4 members (excludes halogenated alkanes) is 14. The molecule has 1 saturated heterocycles. The van der Waals surface area contributed by atoms with Crippen LogP contribution in [0.3, 0.4) is 0 Å². The number of carbonyl (C=O) groups is 1. The van der Waals surface area contributed by atoms with Gasteiger partial charge < -0.3 is 0 Å². The summed E-state index contributed by atoms with van der Waals surface area (Å²) in [5.41, 5.74) is 0. The second-order valence-electron chi connectivity index (χ2n) is 8.51. The number of quaternary nitrogens is 1. The zero-order valence-electron chi connectivity index (χ0n) is 17.6. The summed E-state index contributed by atoms with van der Waals surface area (Å²) in [7, 11) is -2.49. The van der Waals surface area contributed by atoms with E-state index in [-0.39, 0.29) is 16.9 Å². The van der Waals surface area contributed by atoms with Crippen LogP contribution in [-0.4, -0.2) is 42.3 Å². The van der Waals surface area contributed by atoms with Gasteiger partial charge in [-0.1, -0.05) is 96.8 Å². The molecule has 1 aliphatic rings. The monoisotopic (exact) mass is 404 g/mol. The third kappa shape index (κ3) is 10.0. The Hall–Kier alpha value is -0.460. The van der Waals surface area contributed by atoms with E-state index in [1.54, 1.807) is 7.05 Å². The minimum Gasteiger partial charge on any atom is -0.281 e. The second-order valence-corrected chi connectivity index (χ2v) is 10.1. The van der Waals surface area contributed by atoms with Crippen molar-refractivity contribution in [1.82, 2.24) is 0 Å². The molecule has 0 aromatic heterocycles. The molecule has 6 heteroatoms. The quantitative estimate of drug-likeness (QED) is 0.151. The van der Waals surface area contributed by atoms with Crippen LogP contribution in [0.25, 0.3) is 0 Å². The van der Waals surface area contributed by atoms with Crippen molar-refractivity contribution < 1.29 is 22.2 Å². The number of amides is 1. The summed E-state index contributed by atoms with van der Waals surface area (Å²) >= 11 is 0. The molecule has 5 nitrogen and oxygen atoms in total. The van der Waals surface area contributed by atoms with E-state index in [1.165, 1.54) is 77.0 Å². The van der Waals surface area contributed by atoms with Crippen LogP contribution in [0.1, 0.15) is 110 Å². The molecule has 1 heterocycles. The molecule has 1 amide bonds. The number of hydrogen-bond donors (Lipinski definition) is 1. The predicted octanol–water partition coefficient (Wildman–Crippen LogP) is 5.45. The van der Waals surface area contributed by atoms with Gasteiger partial charge in [-0.25, -0.2) is 9.28 Å². The topological polar surface area (TPSA) is 71.4 Å². The van der Waals surface area contributed by atoms with Crippen molar-refractivity contribution in [2.75, 3.05) is 13.6 Å². The Morgan fingerprint density at radius 2 is 1.19 bits per heavy atom. The summed E-state index contributed by atoms with van der Waals surface area (Å²) in [5.74, 6) is -0.0627. The summed E-state index contributed by atoms with van der Waals surface area (Å²) < 4.78 is 31.1. The molecule has 1 fully saturated rings. The standard InChI is InChI=1S/C21H41NO4S/c1-3-4-5-6-7-8-9-10-11-12-13-14-15-16-17-18-20(23)22(2)19-21(22)27(24,25)26/h21H,3-19H2,1-2H3/p+1. The summed E-state index contributed by atoms with van der Waals surface area (Å²) in [5, 5.41) is -0.929. The highest BCUT2D eigenvalue weighted by Gasteiger charge is 2.64. The molecule has 1 aliphatic heterocycles. The van der Waals surface area contributed by atoms with Crippen molar-refractivity contribution >= 4 is 16.0 Å².